The number of hydrogen-bond acceptors (Lipinski definition) is 5. The Bertz CT molecular complexity index is 1930. The Hall–Kier alpha value is -4.11. The van der Waals surface area contributed by atoms with Crippen LogP contribution in [0.1, 0.15) is 71.4 Å². The van der Waals surface area contributed by atoms with Crippen molar-refractivity contribution in [3.8, 4) is 11.5 Å². The maximum Gasteiger partial charge on any atom is 0.416 e. The minimum Gasteiger partial charge on any atom is -0.504 e. The van der Waals surface area contributed by atoms with E-state index in [1.165, 1.54) is 36.1 Å². The van der Waals surface area contributed by atoms with Gasteiger partial charge in [0.2, 0.25) is 0 Å². The van der Waals surface area contributed by atoms with Crippen LogP contribution in [0.4, 0.5) is 13.2 Å². The smallest absolute Gasteiger partial charge is 0.416 e. The number of ether oxygens (including phenoxy) is 1. The molecule has 4 aromatic rings. The predicted octanol–water partition coefficient (Wildman–Crippen LogP) is 8.19. The second-order valence-corrected chi connectivity index (χ2v) is 15.7. The van der Waals surface area contributed by atoms with Gasteiger partial charge < -0.3 is 14.9 Å². The van der Waals surface area contributed by atoms with E-state index in [-0.39, 0.29) is 23.8 Å². The SMILES string of the molecule is Oc1ccc2c3c1OC1C(N(C/C=C/c4cccc(C(F)(F)F)c4)CC(c4ccccc4)c4ccccc4)CC[C@@]4(O)[C@@H](C2)N(CC2CC2)CC[C@]314. The summed E-state index contributed by atoms with van der Waals surface area (Å²) in [5, 5.41) is 24.4. The Morgan fingerprint density at radius 3 is 2.33 bits per heavy atom. The van der Waals surface area contributed by atoms with Crippen LogP contribution < -0.4 is 4.74 Å². The zero-order valence-electron chi connectivity index (χ0n) is 29.2. The van der Waals surface area contributed by atoms with Gasteiger partial charge in [-0.1, -0.05) is 91.0 Å². The summed E-state index contributed by atoms with van der Waals surface area (Å²) in [4.78, 5) is 4.97. The molecule has 270 valence electrons. The molecule has 0 radical (unpaired) electrons. The number of halogens is 3. The van der Waals surface area contributed by atoms with Crippen LogP contribution in [0.25, 0.3) is 6.08 Å². The zero-order valence-corrected chi connectivity index (χ0v) is 29.2. The van der Waals surface area contributed by atoms with Crippen molar-refractivity contribution in [3.63, 3.8) is 0 Å². The molecule has 5 nitrogen and oxygen atoms in total. The predicted molar refractivity (Wildman–Crippen MR) is 195 cm³/mol. The first-order valence-corrected chi connectivity index (χ1v) is 18.8. The number of nitrogens with zero attached hydrogens (tertiary/aromatic N) is 2. The summed E-state index contributed by atoms with van der Waals surface area (Å²) in [6.07, 6.45) is 4.19. The van der Waals surface area contributed by atoms with Crippen LogP contribution in [-0.2, 0) is 18.0 Å². The van der Waals surface area contributed by atoms with Gasteiger partial charge in [-0.2, -0.15) is 13.2 Å². The molecule has 1 spiro atoms. The highest BCUT2D eigenvalue weighted by atomic mass is 19.4. The number of piperidine rings is 1. The van der Waals surface area contributed by atoms with Crippen LogP contribution in [0, 0.1) is 5.92 Å². The van der Waals surface area contributed by atoms with Crippen molar-refractivity contribution in [3.05, 3.63) is 137 Å². The number of rotatable bonds is 10. The Morgan fingerprint density at radius 2 is 1.63 bits per heavy atom. The fourth-order valence-corrected chi connectivity index (χ4v) is 10.3. The highest BCUT2D eigenvalue weighted by molar-refractivity contribution is 5.62. The maximum atomic E-state index is 13.6. The minimum absolute atomic E-state index is 0.00917. The lowest BCUT2D eigenvalue weighted by molar-refractivity contribution is -0.200. The summed E-state index contributed by atoms with van der Waals surface area (Å²) in [5.74, 6) is 1.34. The molecule has 0 aromatic heterocycles. The van der Waals surface area contributed by atoms with E-state index in [2.05, 4.69) is 58.3 Å². The van der Waals surface area contributed by atoms with Crippen molar-refractivity contribution in [1.29, 1.82) is 0 Å². The van der Waals surface area contributed by atoms with Crippen molar-refractivity contribution in [1.82, 2.24) is 9.80 Å². The van der Waals surface area contributed by atoms with Gasteiger partial charge in [0.1, 0.15) is 6.10 Å². The monoisotopic (exact) mass is 706 g/mol. The Labute approximate surface area is 303 Å². The molecular formula is C44H45F3N2O3. The van der Waals surface area contributed by atoms with Crippen LogP contribution in [0.5, 0.6) is 11.5 Å². The highest BCUT2D eigenvalue weighted by Gasteiger charge is 2.73. The lowest BCUT2D eigenvalue weighted by Crippen LogP contribution is -2.78. The first-order valence-electron chi connectivity index (χ1n) is 18.8. The van der Waals surface area contributed by atoms with Crippen LogP contribution in [0.3, 0.4) is 0 Å². The average molecular weight is 707 g/mol. The Balaban J connectivity index is 1.12. The van der Waals surface area contributed by atoms with Crippen molar-refractivity contribution >= 4 is 6.08 Å². The number of aliphatic hydroxyl groups is 1. The lowest BCUT2D eigenvalue weighted by Gasteiger charge is -2.65. The molecule has 52 heavy (non-hydrogen) atoms. The molecule has 2 N–H and O–H groups in total. The second kappa shape index (κ2) is 12.8. The maximum absolute atomic E-state index is 13.6. The summed E-state index contributed by atoms with van der Waals surface area (Å²) in [5.41, 5.74) is 2.64. The van der Waals surface area contributed by atoms with E-state index in [9.17, 15) is 23.4 Å². The summed E-state index contributed by atoms with van der Waals surface area (Å²) in [7, 11) is 0. The van der Waals surface area contributed by atoms with Gasteiger partial charge in [-0.05, 0) is 91.4 Å². The number of phenols is 1. The number of aromatic hydroxyl groups is 1. The third kappa shape index (κ3) is 5.57. The van der Waals surface area contributed by atoms with E-state index in [1.54, 1.807) is 18.2 Å². The van der Waals surface area contributed by atoms with Crippen LogP contribution in [0.15, 0.2) is 103 Å². The molecule has 2 unspecified atom stereocenters. The van der Waals surface area contributed by atoms with E-state index >= 15 is 0 Å². The lowest BCUT2D eigenvalue weighted by atomic mass is 9.48. The largest absolute Gasteiger partial charge is 0.504 e. The van der Waals surface area contributed by atoms with Crippen LogP contribution in [0.2, 0.25) is 0 Å². The van der Waals surface area contributed by atoms with Crippen LogP contribution >= 0.6 is 0 Å². The summed E-state index contributed by atoms with van der Waals surface area (Å²) >= 11 is 0. The van der Waals surface area contributed by atoms with Gasteiger partial charge in [-0.3, -0.25) is 9.80 Å². The van der Waals surface area contributed by atoms with Gasteiger partial charge in [-0.15, -0.1) is 0 Å². The molecular weight excluding hydrogens is 661 g/mol. The molecule has 2 saturated carbocycles. The van der Waals surface area contributed by atoms with Gasteiger partial charge in [-0.25, -0.2) is 0 Å². The van der Waals surface area contributed by atoms with Crippen molar-refractivity contribution in [2.45, 2.75) is 79.8 Å². The van der Waals surface area contributed by atoms with Crippen molar-refractivity contribution in [2.75, 3.05) is 26.2 Å². The zero-order chi connectivity index (χ0) is 35.7. The molecule has 5 atom stereocenters. The molecule has 3 aliphatic carbocycles. The standard InChI is InChI=1S/C44H45F3N2O3/c45-44(46,47)34-15-7-9-29(25-34)10-8-23-48(28-35(31-11-3-1-4-12-31)32-13-5-2-6-14-32)36-20-21-43(51)38-26-33-18-19-37(50)40-39(33)42(43,41(36)52-40)22-24-49(38)27-30-16-17-30/h1-15,18-19,25,30,35-36,38,41,50-51H,16-17,20-24,26-28H2/b10-8+/t36?,38-,41?,42+,43-/m1/s1. The fourth-order valence-electron chi connectivity index (χ4n) is 10.3. The average Bonchev–Trinajstić information content (AvgIpc) is 3.89. The third-order valence-corrected chi connectivity index (χ3v) is 12.9. The molecule has 8 heteroatoms. The number of alkyl halides is 3. The van der Waals surface area contributed by atoms with Gasteiger partial charge in [0, 0.05) is 43.2 Å². The van der Waals surface area contributed by atoms with Gasteiger partial charge in [0.25, 0.3) is 0 Å². The first-order chi connectivity index (χ1) is 25.2. The number of benzene rings is 4. The summed E-state index contributed by atoms with van der Waals surface area (Å²) in [6, 6.07) is 30.0. The molecule has 9 rings (SSSR count). The topological polar surface area (TPSA) is 56.2 Å². The fraction of sp³-hybridized carbons (Fsp3) is 0.409. The van der Waals surface area contributed by atoms with E-state index in [4.69, 9.17) is 4.74 Å². The van der Waals surface area contributed by atoms with Gasteiger partial charge in [0.15, 0.2) is 11.5 Å². The number of likely N-dealkylation sites (tertiary alicyclic amines) is 1. The van der Waals surface area contributed by atoms with Gasteiger partial charge in [0.05, 0.1) is 16.6 Å². The van der Waals surface area contributed by atoms with E-state index in [1.807, 2.05) is 24.3 Å². The van der Waals surface area contributed by atoms with Gasteiger partial charge >= 0.3 is 6.18 Å². The summed E-state index contributed by atoms with van der Waals surface area (Å²) < 4.78 is 47.8. The molecule has 1 saturated heterocycles. The molecule has 2 heterocycles. The number of phenolic OH excluding ortho intramolecular Hbond substituents is 1. The van der Waals surface area contributed by atoms with Crippen molar-refractivity contribution < 1.29 is 28.1 Å². The molecule has 5 aliphatic rings. The van der Waals surface area contributed by atoms with Crippen molar-refractivity contribution in [2.24, 2.45) is 5.92 Å². The second-order valence-electron chi connectivity index (χ2n) is 15.7. The van der Waals surface area contributed by atoms with Crippen LogP contribution in [-0.4, -0.2) is 70.0 Å². The minimum atomic E-state index is -4.42. The number of hydrogen-bond donors (Lipinski definition) is 2. The first kappa shape index (κ1) is 33.7. The van der Waals surface area contributed by atoms with E-state index in [0.29, 0.717) is 43.2 Å². The Kier molecular flexibility index (Phi) is 8.29. The van der Waals surface area contributed by atoms with E-state index in [0.717, 1.165) is 43.1 Å². The molecule has 4 aromatic carbocycles. The quantitative estimate of drug-likeness (QED) is 0.174. The molecule has 2 aliphatic heterocycles. The molecule has 3 fully saturated rings. The Morgan fingerprint density at radius 1 is 0.904 bits per heavy atom. The molecule has 0 amide bonds. The third-order valence-electron chi connectivity index (χ3n) is 12.9. The normalized spacial score (nSPS) is 28.0. The van der Waals surface area contributed by atoms with E-state index < -0.39 is 28.9 Å². The highest BCUT2D eigenvalue weighted by Crippen LogP contribution is 2.66. The molecule has 2 bridgehead atoms. The summed E-state index contributed by atoms with van der Waals surface area (Å²) in [6.45, 7) is 2.99.